The molecule has 2 heterocycles. The van der Waals surface area contributed by atoms with E-state index in [0.717, 1.165) is 23.3 Å². The van der Waals surface area contributed by atoms with E-state index >= 15 is 0 Å². The maximum Gasteiger partial charge on any atom is 0.280 e. The summed E-state index contributed by atoms with van der Waals surface area (Å²) in [4.78, 5) is 2.33. The smallest absolute Gasteiger partial charge is 0.280 e. The van der Waals surface area contributed by atoms with Crippen molar-refractivity contribution in [2.75, 3.05) is 19.7 Å². The molecule has 0 radical (unpaired) electrons. The largest absolute Gasteiger partial charge is 0.396 e. The fraction of sp³-hybridized carbons (Fsp3) is 0.714. The molecule has 1 aliphatic heterocycles. The Hall–Kier alpha value is -0.470. The van der Waals surface area contributed by atoms with E-state index in [9.17, 15) is 13.5 Å². The second-order valence-corrected chi connectivity index (χ2v) is 8.92. The molecule has 0 spiro atoms. The second kappa shape index (κ2) is 6.75. The van der Waals surface area contributed by atoms with Gasteiger partial charge in [0.25, 0.3) is 10.2 Å². The van der Waals surface area contributed by atoms with Crippen molar-refractivity contribution in [2.45, 2.75) is 39.7 Å². The second-order valence-electron chi connectivity index (χ2n) is 5.76. The molecule has 2 atom stereocenters. The topological polar surface area (TPSA) is 69.6 Å². The van der Waals surface area contributed by atoms with Crippen molar-refractivity contribution in [2.24, 2.45) is 5.92 Å². The van der Waals surface area contributed by atoms with Crippen molar-refractivity contribution in [3.05, 3.63) is 21.4 Å². The minimum atomic E-state index is -3.50. The van der Waals surface area contributed by atoms with Crippen LogP contribution in [0.15, 0.2) is 6.07 Å². The highest BCUT2D eigenvalue weighted by Gasteiger charge is 2.30. The Labute approximate surface area is 131 Å². The van der Waals surface area contributed by atoms with Crippen molar-refractivity contribution in [1.82, 2.24) is 9.03 Å². The highest BCUT2D eigenvalue weighted by Crippen LogP contribution is 2.27. The Morgan fingerprint density at radius 2 is 2.24 bits per heavy atom. The van der Waals surface area contributed by atoms with Gasteiger partial charge in [-0.25, -0.2) is 0 Å². The van der Waals surface area contributed by atoms with Gasteiger partial charge >= 0.3 is 0 Å². The summed E-state index contributed by atoms with van der Waals surface area (Å²) < 4.78 is 29.2. The summed E-state index contributed by atoms with van der Waals surface area (Å²) in [6, 6.07) is 1.80. The predicted octanol–water partition coefficient (Wildman–Crippen LogP) is 1.96. The Morgan fingerprint density at radius 1 is 1.52 bits per heavy atom. The first kappa shape index (κ1) is 16.9. The van der Waals surface area contributed by atoms with Gasteiger partial charge in [0, 0.05) is 35.5 Å². The molecule has 0 bridgehead atoms. The van der Waals surface area contributed by atoms with E-state index in [2.05, 4.69) is 4.72 Å². The first-order valence-electron chi connectivity index (χ1n) is 7.28. The molecular weight excluding hydrogens is 308 g/mol. The predicted molar refractivity (Wildman–Crippen MR) is 85.6 cm³/mol. The van der Waals surface area contributed by atoms with Crippen LogP contribution in [0.25, 0.3) is 0 Å². The number of nitrogens with zero attached hydrogens (tertiary/aromatic N) is 1. The summed E-state index contributed by atoms with van der Waals surface area (Å²) >= 11 is 1.68. The quantitative estimate of drug-likeness (QED) is 0.866. The van der Waals surface area contributed by atoms with Crippen molar-refractivity contribution in [3.8, 4) is 0 Å². The maximum atomic E-state index is 12.5. The Kier molecular flexibility index (Phi) is 5.43. The van der Waals surface area contributed by atoms with E-state index in [1.54, 1.807) is 11.3 Å². The molecule has 2 N–H and O–H groups in total. The zero-order valence-corrected chi connectivity index (χ0v) is 14.4. The SMILES string of the molecule is Cc1cc(C(C)NS(=O)(=O)N2CCCC(CO)C2)c(C)s1. The van der Waals surface area contributed by atoms with Gasteiger partial charge in [0.1, 0.15) is 0 Å². The first-order chi connectivity index (χ1) is 9.83. The molecule has 0 aromatic carbocycles. The number of aliphatic hydroxyl groups is 1. The summed E-state index contributed by atoms with van der Waals surface area (Å²) in [5.74, 6) is 0.0516. The number of nitrogens with one attached hydrogen (secondary N) is 1. The first-order valence-corrected chi connectivity index (χ1v) is 9.54. The fourth-order valence-corrected chi connectivity index (χ4v) is 5.36. The Morgan fingerprint density at radius 3 is 2.81 bits per heavy atom. The van der Waals surface area contributed by atoms with Gasteiger partial charge in [-0.3, -0.25) is 0 Å². The fourth-order valence-electron chi connectivity index (χ4n) is 2.84. The molecule has 2 rings (SSSR count). The van der Waals surface area contributed by atoms with Gasteiger partial charge in [-0.05, 0) is 51.2 Å². The molecule has 1 fully saturated rings. The molecule has 1 aromatic rings. The van der Waals surface area contributed by atoms with Gasteiger partial charge in [0.2, 0.25) is 0 Å². The molecule has 0 saturated carbocycles. The van der Waals surface area contributed by atoms with Crippen LogP contribution in [-0.2, 0) is 10.2 Å². The highest BCUT2D eigenvalue weighted by atomic mass is 32.2. The molecule has 0 aliphatic carbocycles. The number of aliphatic hydroxyl groups excluding tert-OH is 1. The van der Waals surface area contributed by atoms with Crippen molar-refractivity contribution >= 4 is 21.5 Å². The van der Waals surface area contributed by atoms with Crippen molar-refractivity contribution in [1.29, 1.82) is 0 Å². The van der Waals surface area contributed by atoms with Gasteiger partial charge in [-0.1, -0.05) is 0 Å². The molecule has 21 heavy (non-hydrogen) atoms. The summed E-state index contributed by atoms with van der Waals surface area (Å²) in [7, 11) is -3.50. The monoisotopic (exact) mass is 332 g/mol. The van der Waals surface area contributed by atoms with Crippen LogP contribution in [-0.4, -0.2) is 37.5 Å². The van der Waals surface area contributed by atoms with Crippen LogP contribution < -0.4 is 4.72 Å². The summed E-state index contributed by atoms with van der Waals surface area (Å²) in [6.07, 6.45) is 1.69. The van der Waals surface area contributed by atoms with Gasteiger partial charge < -0.3 is 5.11 Å². The van der Waals surface area contributed by atoms with Crippen LogP contribution in [0.4, 0.5) is 0 Å². The zero-order chi connectivity index (χ0) is 15.6. The number of rotatable bonds is 5. The molecule has 120 valence electrons. The molecule has 1 aromatic heterocycles. The minimum absolute atomic E-state index is 0.0460. The number of hydrogen-bond donors (Lipinski definition) is 2. The number of piperidine rings is 1. The van der Waals surface area contributed by atoms with Gasteiger partial charge in [0.05, 0.1) is 0 Å². The molecule has 1 saturated heterocycles. The zero-order valence-electron chi connectivity index (χ0n) is 12.8. The van der Waals surface area contributed by atoms with Crippen LogP contribution in [0.5, 0.6) is 0 Å². The van der Waals surface area contributed by atoms with Crippen LogP contribution in [0, 0.1) is 19.8 Å². The van der Waals surface area contributed by atoms with Crippen LogP contribution >= 0.6 is 11.3 Å². The van der Waals surface area contributed by atoms with Gasteiger partial charge in [-0.2, -0.15) is 17.4 Å². The van der Waals surface area contributed by atoms with Crippen LogP contribution in [0.3, 0.4) is 0 Å². The van der Waals surface area contributed by atoms with Crippen molar-refractivity contribution in [3.63, 3.8) is 0 Å². The number of thiophene rings is 1. The molecule has 2 unspecified atom stereocenters. The van der Waals surface area contributed by atoms with E-state index < -0.39 is 10.2 Å². The average Bonchev–Trinajstić information content (AvgIpc) is 2.77. The van der Waals surface area contributed by atoms with E-state index in [1.807, 2.05) is 26.8 Å². The Balaban J connectivity index is 2.08. The van der Waals surface area contributed by atoms with Gasteiger partial charge in [-0.15, -0.1) is 11.3 Å². The van der Waals surface area contributed by atoms with Gasteiger partial charge in [0.15, 0.2) is 0 Å². The lowest BCUT2D eigenvalue weighted by Gasteiger charge is -2.31. The Bertz CT molecular complexity index is 583. The number of aryl methyl sites for hydroxylation is 2. The van der Waals surface area contributed by atoms with Crippen molar-refractivity contribution < 1.29 is 13.5 Å². The average molecular weight is 332 g/mol. The molecule has 5 nitrogen and oxygen atoms in total. The molecule has 1 aliphatic rings. The number of hydrogen-bond acceptors (Lipinski definition) is 4. The summed E-state index contributed by atoms with van der Waals surface area (Å²) in [5.41, 5.74) is 1.04. The normalized spacial score (nSPS) is 22.4. The summed E-state index contributed by atoms with van der Waals surface area (Å²) in [5, 5.41) is 9.23. The standard InChI is InChI=1S/C14H24N2O3S2/c1-10-7-14(12(3)20-10)11(2)15-21(18,19)16-6-4-5-13(8-16)9-17/h7,11,13,15,17H,4-6,8-9H2,1-3H3. The molecule has 7 heteroatoms. The third kappa shape index (κ3) is 4.04. The minimum Gasteiger partial charge on any atom is -0.396 e. The third-order valence-electron chi connectivity index (χ3n) is 3.95. The van der Waals surface area contributed by atoms with Crippen LogP contribution in [0.2, 0.25) is 0 Å². The molecular formula is C14H24N2O3S2. The van der Waals surface area contributed by atoms with E-state index in [1.165, 1.54) is 9.18 Å². The van der Waals surface area contributed by atoms with E-state index in [4.69, 9.17) is 0 Å². The lowest BCUT2D eigenvalue weighted by Crippen LogP contribution is -2.47. The highest BCUT2D eigenvalue weighted by molar-refractivity contribution is 7.87. The summed E-state index contributed by atoms with van der Waals surface area (Å²) in [6.45, 7) is 6.89. The lowest BCUT2D eigenvalue weighted by molar-refractivity contribution is 0.164. The molecule has 0 amide bonds. The third-order valence-corrected chi connectivity index (χ3v) is 6.60. The van der Waals surface area contributed by atoms with E-state index in [-0.39, 0.29) is 18.6 Å². The van der Waals surface area contributed by atoms with E-state index in [0.29, 0.717) is 13.1 Å². The maximum absolute atomic E-state index is 12.5. The lowest BCUT2D eigenvalue weighted by atomic mass is 10.0. The van der Waals surface area contributed by atoms with Crippen LogP contribution in [0.1, 0.15) is 41.1 Å².